The molecule has 1 aliphatic heterocycles. The van der Waals surface area contributed by atoms with Crippen molar-refractivity contribution in [1.29, 1.82) is 0 Å². The highest BCUT2D eigenvalue weighted by molar-refractivity contribution is 6.27. The molecule has 1 aromatic carbocycles. The van der Waals surface area contributed by atoms with Gasteiger partial charge in [-0.1, -0.05) is 6.07 Å². The molecule has 9 heteroatoms. The highest BCUT2D eigenvalue weighted by Crippen LogP contribution is 2.42. The molecule has 2 N–H and O–H groups in total. The molecule has 146 valence electrons. The first kappa shape index (κ1) is 20.1. The lowest BCUT2D eigenvalue weighted by Gasteiger charge is -2.20. The van der Waals surface area contributed by atoms with Gasteiger partial charge in [0.05, 0.1) is 6.26 Å². The number of ether oxygens (including phenoxy) is 3. The van der Waals surface area contributed by atoms with E-state index in [0.29, 0.717) is 11.5 Å². The maximum atomic E-state index is 9.10. The number of aliphatic carboxylic acids is 2. The summed E-state index contributed by atoms with van der Waals surface area (Å²) in [7, 11) is 4.08. The predicted molar refractivity (Wildman–Crippen MR) is 93.1 cm³/mol. The summed E-state index contributed by atoms with van der Waals surface area (Å²) in [5, 5.41) is 14.8. The van der Waals surface area contributed by atoms with Crippen LogP contribution < -0.4 is 14.2 Å². The Morgan fingerprint density at radius 2 is 1.89 bits per heavy atom. The summed E-state index contributed by atoms with van der Waals surface area (Å²) in [5.41, 5.74) is 0. The van der Waals surface area contributed by atoms with Crippen molar-refractivity contribution in [2.75, 3.05) is 27.4 Å². The number of hydrogen-bond acceptors (Lipinski definition) is 7. The number of benzene rings is 1. The zero-order chi connectivity index (χ0) is 19.8. The summed E-state index contributed by atoms with van der Waals surface area (Å²) in [5.74, 6) is -0.763. The largest absolute Gasteiger partial charge is 0.478 e. The van der Waals surface area contributed by atoms with Crippen molar-refractivity contribution in [3.05, 3.63) is 42.4 Å². The first-order valence-electron chi connectivity index (χ1n) is 8.08. The maximum Gasteiger partial charge on any atom is 0.414 e. The molecule has 2 aromatic rings. The Kier molecular flexibility index (Phi) is 7.07. The fourth-order valence-corrected chi connectivity index (χ4v) is 2.26. The summed E-state index contributed by atoms with van der Waals surface area (Å²) >= 11 is 0. The van der Waals surface area contributed by atoms with Crippen LogP contribution in [0.15, 0.2) is 41.0 Å². The minimum atomic E-state index is -1.82. The molecule has 0 spiro atoms. The highest BCUT2D eigenvalue weighted by atomic mass is 16.7. The monoisotopic (exact) mass is 379 g/mol. The summed E-state index contributed by atoms with van der Waals surface area (Å²) in [6, 6.07) is 9.46. The van der Waals surface area contributed by atoms with E-state index in [1.165, 1.54) is 0 Å². The third kappa shape index (κ3) is 5.93. The zero-order valence-electron chi connectivity index (χ0n) is 15.0. The molecule has 2 heterocycles. The third-order valence-corrected chi connectivity index (χ3v) is 3.51. The van der Waals surface area contributed by atoms with Gasteiger partial charge in [0, 0.05) is 13.0 Å². The van der Waals surface area contributed by atoms with Crippen molar-refractivity contribution in [3.8, 4) is 17.2 Å². The molecule has 0 saturated carbocycles. The van der Waals surface area contributed by atoms with Crippen LogP contribution in [0.2, 0.25) is 0 Å². The molecule has 9 nitrogen and oxygen atoms in total. The molecule has 1 aliphatic rings. The Labute approximate surface area is 155 Å². The van der Waals surface area contributed by atoms with E-state index in [1.54, 1.807) is 6.26 Å². The molecule has 0 amide bonds. The van der Waals surface area contributed by atoms with Crippen molar-refractivity contribution < 1.29 is 38.4 Å². The van der Waals surface area contributed by atoms with Gasteiger partial charge in [0.1, 0.15) is 5.76 Å². The average molecular weight is 379 g/mol. The Morgan fingerprint density at radius 1 is 1.15 bits per heavy atom. The van der Waals surface area contributed by atoms with Crippen molar-refractivity contribution in [3.63, 3.8) is 0 Å². The standard InChI is InChI=1S/C16H19NO4.C2H2O4/c1-17(2)9-8-13(12-7-4-10-18-12)21-15-6-3-5-14-16(15)20-11-19-14;3-1(4)2(5)6/h3-7,10,13H,8-9,11H2,1-2H3;(H,3,4)(H,5,6). The summed E-state index contributed by atoms with van der Waals surface area (Å²) in [6.45, 7) is 1.14. The molecule has 1 aromatic heterocycles. The fraction of sp³-hybridized carbons (Fsp3) is 0.333. The second-order valence-electron chi connectivity index (χ2n) is 5.81. The smallest absolute Gasteiger partial charge is 0.414 e. The second-order valence-corrected chi connectivity index (χ2v) is 5.81. The quantitative estimate of drug-likeness (QED) is 0.728. The number of carboxylic acids is 2. The van der Waals surface area contributed by atoms with Crippen LogP contribution in [-0.4, -0.2) is 54.5 Å². The van der Waals surface area contributed by atoms with Gasteiger partial charge in [0.2, 0.25) is 12.5 Å². The van der Waals surface area contributed by atoms with Gasteiger partial charge < -0.3 is 33.7 Å². The van der Waals surface area contributed by atoms with Crippen LogP contribution in [0.3, 0.4) is 0 Å². The van der Waals surface area contributed by atoms with Crippen LogP contribution in [0, 0.1) is 0 Å². The van der Waals surface area contributed by atoms with Gasteiger partial charge in [0.25, 0.3) is 0 Å². The number of carboxylic acid groups (broad SMARTS) is 2. The van der Waals surface area contributed by atoms with Crippen LogP contribution in [0.1, 0.15) is 18.3 Å². The van der Waals surface area contributed by atoms with Gasteiger partial charge in [-0.25, -0.2) is 9.59 Å². The van der Waals surface area contributed by atoms with E-state index in [2.05, 4.69) is 4.90 Å². The Bertz CT molecular complexity index is 745. The number of furan rings is 1. The van der Waals surface area contributed by atoms with Crippen LogP contribution in [0.5, 0.6) is 17.2 Å². The van der Waals surface area contributed by atoms with E-state index in [9.17, 15) is 0 Å². The van der Waals surface area contributed by atoms with Gasteiger partial charge in [-0.05, 0) is 38.4 Å². The number of rotatable bonds is 6. The predicted octanol–water partition coefficient (Wildman–Crippen LogP) is 2.24. The van der Waals surface area contributed by atoms with Gasteiger partial charge in [-0.3, -0.25) is 0 Å². The zero-order valence-corrected chi connectivity index (χ0v) is 15.0. The molecule has 27 heavy (non-hydrogen) atoms. The molecule has 3 rings (SSSR count). The van der Waals surface area contributed by atoms with Crippen LogP contribution in [0.4, 0.5) is 0 Å². The summed E-state index contributed by atoms with van der Waals surface area (Å²) in [4.78, 5) is 20.3. The summed E-state index contributed by atoms with van der Waals surface area (Å²) < 4.78 is 22.5. The number of fused-ring (bicyclic) bond motifs is 1. The number of nitrogens with zero attached hydrogens (tertiary/aromatic N) is 1. The van der Waals surface area contributed by atoms with Gasteiger partial charge in [-0.15, -0.1) is 0 Å². The van der Waals surface area contributed by atoms with Crippen LogP contribution in [0.25, 0.3) is 0 Å². The SMILES string of the molecule is CN(C)CCC(Oc1cccc2c1OCO2)c1ccco1.O=C(O)C(=O)O. The molecule has 0 radical (unpaired) electrons. The van der Waals surface area contributed by atoms with Gasteiger partial charge in [0.15, 0.2) is 17.6 Å². The fourth-order valence-electron chi connectivity index (χ4n) is 2.26. The van der Waals surface area contributed by atoms with E-state index in [-0.39, 0.29) is 12.9 Å². The number of para-hydroxylation sites is 1. The Morgan fingerprint density at radius 3 is 2.48 bits per heavy atom. The van der Waals surface area contributed by atoms with E-state index in [0.717, 1.165) is 24.5 Å². The van der Waals surface area contributed by atoms with E-state index in [4.69, 9.17) is 38.4 Å². The highest BCUT2D eigenvalue weighted by Gasteiger charge is 2.23. The minimum Gasteiger partial charge on any atom is -0.478 e. The van der Waals surface area contributed by atoms with Gasteiger partial charge >= 0.3 is 11.9 Å². The molecule has 1 unspecified atom stereocenters. The van der Waals surface area contributed by atoms with Crippen molar-refractivity contribution in [1.82, 2.24) is 4.90 Å². The van der Waals surface area contributed by atoms with Gasteiger partial charge in [-0.2, -0.15) is 0 Å². The molecular formula is C18H21NO8. The van der Waals surface area contributed by atoms with Crippen molar-refractivity contribution in [2.24, 2.45) is 0 Å². The molecule has 1 atom stereocenters. The van der Waals surface area contributed by atoms with Crippen molar-refractivity contribution >= 4 is 11.9 Å². The first-order valence-corrected chi connectivity index (χ1v) is 8.08. The van der Waals surface area contributed by atoms with Crippen LogP contribution >= 0.6 is 0 Å². The lowest BCUT2D eigenvalue weighted by atomic mass is 10.2. The third-order valence-electron chi connectivity index (χ3n) is 3.51. The molecule has 0 bridgehead atoms. The topological polar surface area (TPSA) is 119 Å². The Hall–Kier alpha value is -3.20. The molecule has 0 aliphatic carbocycles. The number of hydrogen-bond donors (Lipinski definition) is 2. The Balaban J connectivity index is 0.000000380. The van der Waals surface area contributed by atoms with E-state index in [1.807, 2.05) is 44.4 Å². The normalized spacial score (nSPS) is 12.9. The molecular weight excluding hydrogens is 358 g/mol. The lowest BCUT2D eigenvalue weighted by Crippen LogP contribution is -2.18. The lowest BCUT2D eigenvalue weighted by molar-refractivity contribution is -0.159. The van der Waals surface area contributed by atoms with Crippen molar-refractivity contribution in [2.45, 2.75) is 12.5 Å². The second kappa shape index (κ2) is 9.48. The minimum absolute atomic E-state index is 0.155. The number of carbonyl (C=O) groups is 2. The van der Waals surface area contributed by atoms with E-state index < -0.39 is 11.9 Å². The van der Waals surface area contributed by atoms with Crippen LogP contribution in [-0.2, 0) is 9.59 Å². The molecule has 0 fully saturated rings. The average Bonchev–Trinajstić information content (AvgIpc) is 3.30. The van der Waals surface area contributed by atoms with E-state index >= 15 is 0 Å². The first-order chi connectivity index (χ1) is 12.9. The summed E-state index contributed by atoms with van der Waals surface area (Å²) in [6.07, 6.45) is 2.33. The maximum absolute atomic E-state index is 9.10. The molecule has 0 saturated heterocycles.